The molecule has 2 N–H and O–H groups in total. The van der Waals surface area contributed by atoms with E-state index >= 15 is 0 Å². The average molecular weight is 473 g/mol. The SMILES string of the molecule is C[C@H](C1OC(C)(C)C(O)C1O)[C@H]1CC[C@]2(C)C3=CCC4C(C)(C)C(=O)CC[C@]4(C)[C@H]3CC[C@@]12C. The van der Waals surface area contributed by atoms with E-state index in [1.165, 1.54) is 19.3 Å². The third-order valence-corrected chi connectivity index (χ3v) is 12.6. The molecule has 1 heterocycles. The monoisotopic (exact) mass is 472 g/mol. The van der Waals surface area contributed by atoms with Gasteiger partial charge in [-0.25, -0.2) is 0 Å². The third kappa shape index (κ3) is 2.97. The lowest BCUT2D eigenvalue weighted by molar-refractivity contribution is -0.146. The molecule has 1 aliphatic heterocycles. The van der Waals surface area contributed by atoms with Gasteiger partial charge in [-0.05, 0) is 92.3 Å². The molecule has 192 valence electrons. The lowest BCUT2D eigenvalue weighted by Gasteiger charge is -2.63. The molecule has 0 radical (unpaired) electrons. The Morgan fingerprint density at radius 2 is 1.68 bits per heavy atom. The van der Waals surface area contributed by atoms with Crippen LogP contribution in [0, 0.1) is 45.3 Å². The molecule has 5 aliphatic rings. The number of fused-ring (bicyclic) bond motifs is 5. The van der Waals surface area contributed by atoms with Crippen molar-refractivity contribution < 1.29 is 19.7 Å². The number of Topliss-reactive ketones (excluding diaryl/α,β-unsaturated/α-hetero) is 1. The summed E-state index contributed by atoms with van der Waals surface area (Å²) in [4.78, 5) is 12.8. The van der Waals surface area contributed by atoms with Gasteiger partial charge >= 0.3 is 0 Å². The second-order valence-corrected chi connectivity index (χ2v) is 14.6. The highest BCUT2D eigenvalue weighted by atomic mass is 16.6. The highest BCUT2D eigenvalue weighted by Gasteiger charge is 2.66. The summed E-state index contributed by atoms with van der Waals surface area (Å²) in [6.45, 7) is 17.9. The number of carbonyl (C=O) groups is 1. The highest BCUT2D eigenvalue weighted by molar-refractivity contribution is 5.85. The van der Waals surface area contributed by atoms with Gasteiger partial charge in [0, 0.05) is 11.8 Å². The molecule has 0 aromatic rings. The Morgan fingerprint density at radius 3 is 2.29 bits per heavy atom. The maximum Gasteiger partial charge on any atom is 0.138 e. The Kier molecular flexibility index (Phi) is 5.44. The van der Waals surface area contributed by atoms with Crippen LogP contribution in [0.3, 0.4) is 0 Å². The number of aliphatic hydroxyl groups is 2. The Labute approximate surface area is 206 Å². The number of ether oxygens (including phenoxy) is 1. The van der Waals surface area contributed by atoms with Gasteiger partial charge in [0.15, 0.2) is 0 Å². The molecular weight excluding hydrogens is 424 g/mol. The van der Waals surface area contributed by atoms with E-state index in [0.29, 0.717) is 23.5 Å². The molecule has 4 heteroatoms. The zero-order valence-corrected chi connectivity index (χ0v) is 22.8. The molecule has 0 aromatic heterocycles. The van der Waals surface area contributed by atoms with Crippen LogP contribution in [0.25, 0.3) is 0 Å². The lowest BCUT2D eigenvalue weighted by atomic mass is 9.41. The Balaban J connectivity index is 1.47. The summed E-state index contributed by atoms with van der Waals surface area (Å²) < 4.78 is 6.28. The second kappa shape index (κ2) is 7.42. The molecular formula is C30H48O4. The first-order valence-corrected chi connectivity index (χ1v) is 13.9. The summed E-state index contributed by atoms with van der Waals surface area (Å²) >= 11 is 0. The van der Waals surface area contributed by atoms with Crippen LogP contribution in [0.15, 0.2) is 11.6 Å². The summed E-state index contributed by atoms with van der Waals surface area (Å²) in [7, 11) is 0. The zero-order valence-electron chi connectivity index (χ0n) is 22.8. The number of rotatable bonds is 2. The largest absolute Gasteiger partial charge is 0.388 e. The minimum absolute atomic E-state index is 0.145. The van der Waals surface area contributed by atoms with Crippen LogP contribution in [0.1, 0.15) is 100 Å². The molecule has 34 heavy (non-hydrogen) atoms. The normalized spacial score (nSPS) is 52.4. The summed E-state index contributed by atoms with van der Waals surface area (Å²) in [5.41, 5.74) is 1.24. The van der Waals surface area contributed by atoms with Crippen molar-refractivity contribution in [3.8, 4) is 0 Å². The molecule has 0 bridgehead atoms. The lowest BCUT2D eigenvalue weighted by Crippen LogP contribution is -2.57. The number of allylic oxidation sites excluding steroid dienone is 2. The molecule has 0 spiro atoms. The van der Waals surface area contributed by atoms with Gasteiger partial charge in [0.05, 0.1) is 11.7 Å². The third-order valence-electron chi connectivity index (χ3n) is 12.6. The van der Waals surface area contributed by atoms with E-state index in [-0.39, 0.29) is 33.7 Å². The van der Waals surface area contributed by atoms with E-state index in [0.717, 1.165) is 25.7 Å². The van der Waals surface area contributed by atoms with Gasteiger partial charge < -0.3 is 14.9 Å². The van der Waals surface area contributed by atoms with Crippen LogP contribution in [0.5, 0.6) is 0 Å². The fraction of sp³-hybridized carbons (Fsp3) is 0.900. The Morgan fingerprint density at radius 1 is 1.00 bits per heavy atom. The predicted octanol–water partition coefficient (Wildman–Crippen LogP) is 5.70. The molecule has 4 nitrogen and oxygen atoms in total. The van der Waals surface area contributed by atoms with Crippen molar-refractivity contribution in [2.24, 2.45) is 45.3 Å². The van der Waals surface area contributed by atoms with Crippen molar-refractivity contribution in [2.75, 3.05) is 0 Å². The number of hydrogen-bond donors (Lipinski definition) is 2. The van der Waals surface area contributed by atoms with Crippen LogP contribution in [0.2, 0.25) is 0 Å². The van der Waals surface area contributed by atoms with Crippen LogP contribution >= 0.6 is 0 Å². The highest BCUT2D eigenvalue weighted by Crippen LogP contribution is 2.73. The Bertz CT molecular complexity index is 903. The smallest absolute Gasteiger partial charge is 0.138 e. The van der Waals surface area contributed by atoms with E-state index in [2.05, 4.69) is 47.6 Å². The minimum Gasteiger partial charge on any atom is -0.388 e. The van der Waals surface area contributed by atoms with Crippen molar-refractivity contribution in [1.82, 2.24) is 0 Å². The molecule has 3 saturated carbocycles. The minimum atomic E-state index is -0.841. The number of aliphatic hydroxyl groups excluding tert-OH is 2. The average Bonchev–Trinajstić information content (AvgIpc) is 3.15. The zero-order chi connectivity index (χ0) is 25.1. The number of hydrogen-bond acceptors (Lipinski definition) is 4. The van der Waals surface area contributed by atoms with Gasteiger partial charge in [0.1, 0.15) is 18.0 Å². The molecule has 4 unspecified atom stereocenters. The molecule has 4 aliphatic carbocycles. The van der Waals surface area contributed by atoms with Gasteiger partial charge in [-0.1, -0.05) is 53.2 Å². The molecule has 5 rings (SSSR count). The van der Waals surface area contributed by atoms with Crippen LogP contribution in [0.4, 0.5) is 0 Å². The van der Waals surface area contributed by atoms with Crippen molar-refractivity contribution >= 4 is 5.78 Å². The standard InChI is InChI=1S/C30H48O4/c1-17(24-23(32)25(33)27(4,5)34-24)18-11-15-30(8)20-9-10-21-26(2,3)22(31)13-14-28(21,6)19(20)12-16-29(18,30)7/h9,17-19,21,23-25,32-33H,10-16H2,1-8H3/t17-,18+,19-,21?,23?,24?,25?,28+,29-,30+/m0/s1. The first-order valence-electron chi connectivity index (χ1n) is 13.9. The van der Waals surface area contributed by atoms with Crippen molar-refractivity contribution in [1.29, 1.82) is 0 Å². The predicted molar refractivity (Wildman–Crippen MR) is 134 cm³/mol. The van der Waals surface area contributed by atoms with Gasteiger partial charge in [0.2, 0.25) is 0 Å². The number of ketones is 1. The molecule has 1 saturated heterocycles. The Hall–Kier alpha value is -0.710. The topological polar surface area (TPSA) is 66.8 Å². The molecule has 0 amide bonds. The number of carbonyl (C=O) groups excluding carboxylic acids is 1. The molecule has 10 atom stereocenters. The van der Waals surface area contributed by atoms with Crippen LogP contribution in [-0.4, -0.2) is 39.9 Å². The first-order chi connectivity index (χ1) is 15.6. The van der Waals surface area contributed by atoms with E-state index < -0.39 is 17.8 Å². The van der Waals surface area contributed by atoms with Crippen molar-refractivity contribution in [3.63, 3.8) is 0 Å². The maximum atomic E-state index is 12.8. The fourth-order valence-corrected chi connectivity index (χ4v) is 10.1. The fourth-order valence-electron chi connectivity index (χ4n) is 10.1. The summed E-state index contributed by atoms with van der Waals surface area (Å²) in [6, 6.07) is 0. The van der Waals surface area contributed by atoms with Crippen molar-refractivity contribution in [3.05, 3.63) is 11.6 Å². The first kappa shape index (κ1) is 25.0. The van der Waals surface area contributed by atoms with E-state index in [4.69, 9.17) is 4.74 Å². The molecule has 0 aromatic carbocycles. The van der Waals surface area contributed by atoms with Gasteiger partial charge in [-0.15, -0.1) is 0 Å². The van der Waals surface area contributed by atoms with Gasteiger partial charge in [-0.2, -0.15) is 0 Å². The quantitative estimate of drug-likeness (QED) is 0.506. The van der Waals surface area contributed by atoms with E-state index in [1.807, 2.05) is 13.8 Å². The summed E-state index contributed by atoms with van der Waals surface area (Å²) in [5.74, 6) is 2.10. The summed E-state index contributed by atoms with van der Waals surface area (Å²) in [6.07, 6.45) is 8.07. The van der Waals surface area contributed by atoms with E-state index in [9.17, 15) is 15.0 Å². The summed E-state index contributed by atoms with van der Waals surface area (Å²) in [5, 5.41) is 21.5. The van der Waals surface area contributed by atoms with E-state index in [1.54, 1.807) is 5.57 Å². The van der Waals surface area contributed by atoms with Crippen LogP contribution < -0.4 is 0 Å². The van der Waals surface area contributed by atoms with Crippen LogP contribution in [-0.2, 0) is 9.53 Å². The maximum absolute atomic E-state index is 12.8. The molecule has 4 fully saturated rings. The van der Waals surface area contributed by atoms with Crippen molar-refractivity contribution in [2.45, 2.75) is 124 Å². The van der Waals surface area contributed by atoms with Gasteiger partial charge in [-0.3, -0.25) is 4.79 Å². The van der Waals surface area contributed by atoms with Gasteiger partial charge in [0.25, 0.3) is 0 Å². The second-order valence-electron chi connectivity index (χ2n) is 14.6.